The lowest BCUT2D eigenvalue weighted by molar-refractivity contribution is -0.117. The maximum atomic E-state index is 12.4. The third-order valence-electron chi connectivity index (χ3n) is 4.60. The van der Waals surface area contributed by atoms with Crippen LogP contribution < -0.4 is 14.8 Å². The topological polar surface area (TPSA) is 71.3 Å². The van der Waals surface area contributed by atoms with Crippen molar-refractivity contribution in [3.05, 3.63) is 64.7 Å². The van der Waals surface area contributed by atoms with Crippen molar-refractivity contribution in [2.75, 3.05) is 20.8 Å². The molecule has 0 saturated carbocycles. The lowest BCUT2D eigenvalue weighted by atomic mass is 9.86. The first-order valence-corrected chi connectivity index (χ1v) is 9.50. The molecular weight excluding hydrogens is 364 g/mol. The highest BCUT2D eigenvalue weighted by Gasteiger charge is 2.13. The number of ether oxygens (including phenoxy) is 2. The summed E-state index contributed by atoms with van der Waals surface area (Å²) in [6, 6.07) is 15.5. The van der Waals surface area contributed by atoms with Gasteiger partial charge in [-0.15, -0.1) is 0 Å². The maximum Gasteiger partial charge on any atom is 0.261 e. The van der Waals surface area contributed by atoms with Gasteiger partial charge in [0.15, 0.2) is 11.5 Å². The fraction of sp³-hybridized carbons (Fsp3) is 0.333. The number of benzene rings is 2. The van der Waals surface area contributed by atoms with Crippen molar-refractivity contribution < 1.29 is 14.3 Å². The molecule has 2 rings (SSSR count). The van der Waals surface area contributed by atoms with Crippen LogP contribution in [0.3, 0.4) is 0 Å². The van der Waals surface area contributed by atoms with Crippen molar-refractivity contribution in [3.63, 3.8) is 0 Å². The van der Waals surface area contributed by atoms with Crippen LogP contribution in [0.25, 0.3) is 6.08 Å². The first-order valence-electron chi connectivity index (χ1n) is 9.50. The molecule has 0 radical (unpaired) electrons. The summed E-state index contributed by atoms with van der Waals surface area (Å²) in [6.07, 6.45) is 2.23. The zero-order valence-corrected chi connectivity index (χ0v) is 17.7. The number of hydrogen-bond acceptors (Lipinski definition) is 4. The molecular formula is C24H28N2O3. The molecule has 0 unspecified atom stereocenters. The Morgan fingerprint density at radius 2 is 1.72 bits per heavy atom. The molecule has 1 amide bonds. The fourth-order valence-corrected chi connectivity index (χ4v) is 2.85. The van der Waals surface area contributed by atoms with Crippen LogP contribution in [0.5, 0.6) is 11.5 Å². The number of hydrogen-bond donors (Lipinski definition) is 1. The summed E-state index contributed by atoms with van der Waals surface area (Å²) in [5.41, 5.74) is 3.17. The average Bonchev–Trinajstić information content (AvgIpc) is 2.71. The average molecular weight is 392 g/mol. The van der Waals surface area contributed by atoms with Crippen molar-refractivity contribution >= 4 is 12.0 Å². The van der Waals surface area contributed by atoms with Crippen molar-refractivity contribution in [1.82, 2.24) is 5.32 Å². The molecule has 0 heterocycles. The van der Waals surface area contributed by atoms with Gasteiger partial charge in [-0.3, -0.25) is 4.79 Å². The minimum absolute atomic E-state index is 0.0574. The Morgan fingerprint density at radius 3 is 2.28 bits per heavy atom. The second-order valence-corrected chi connectivity index (χ2v) is 7.74. The van der Waals surface area contributed by atoms with E-state index in [1.54, 1.807) is 20.3 Å². The van der Waals surface area contributed by atoms with Gasteiger partial charge >= 0.3 is 0 Å². The molecule has 2 aromatic carbocycles. The van der Waals surface area contributed by atoms with Crippen molar-refractivity contribution in [2.24, 2.45) is 0 Å². The summed E-state index contributed by atoms with van der Waals surface area (Å²) >= 11 is 0. The van der Waals surface area contributed by atoms with Gasteiger partial charge in [-0.2, -0.15) is 5.26 Å². The van der Waals surface area contributed by atoms with E-state index in [1.807, 2.05) is 48.5 Å². The van der Waals surface area contributed by atoms with E-state index in [0.29, 0.717) is 24.5 Å². The molecule has 0 aliphatic heterocycles. The molecule has 0 atom stereocenters. The molecule has 5 heteroatoms. The number of nitrogens with zero attached hydrogens (tertiary/aromatic N) is 1. The van der Waals surface area contributed by atoms with Gasteiger partial charge in [0.1, 0.15) is 11.6 Å². The van der Waals surface area contributed by atoms with Crippen LogP contribution in [0.1, 0.15) is 37.5 Å². The van der Waals surface area contributed by atoms with E-state index >= 15 is 0 Å². The summed E-state index contributed by atoms with van der Waals surface area (Å²) < 4.78 is 10.5. The standard InChI is InChI=1S/C24H28N2O3/c1-24(2,3)20-9-6-17(7-10-20)14-19(16-25)23(27)26-13-12-18-8-11-21(28-4)22(15-18)29-5/h6-11,14-15H,12-13H2,1-5H3,(H,26,27). The van der Waals surface area contributed by atoms with Crippen molar-refractivity contribution in [3.8, 4) is 17.6 Å². The van der Waals surface area contributed by atoms with Crippen LogP contribution in [-0.4, -0.2) is 26.7 Å². The van der Waals surface area contributed by atoms with Gasteiger partial charge in [0.05, 0.1) is 14.2 Å². The lowest BCUT2D eigenvalue weighted by Crippen LogP contribution is -2.26. The predicted octanol–water partition coefficient (Wildman–Crippen LogP) is 4.27. The Balaban J connectivity index is 2.00. The molecule has 0 fully saturated rings. The number of nitrogens with one attached hydrogen (secondary N) is 1. The molecule has 1 N–H and O–H groups in total. The molecule has 5 nitrogen and oxygen atoms in total. The number of carbonyl (C=O) groups excluding carboxylic acids is 1. The Hall–Kier alpha value is -3.26. The summed E-state index contributed by atoms with van der Waals surface area (Å²) in [6.45, 7) is 6.84. The van der Waals surface area contributed by atoms with E-state index in [0.717, 1.165) is 11.1 Å². The van der Waals surface area contributed by atoms with Gasteiger partial charge in [0.2, 0.25) is 0 Å². The molecule has 2 aromatic rings. The normalized spacial score (nSPS) is 11.5. The second kappa shape index (κ2) is 9.79. The van der Waals surface area contributed by atoms with E-state index < -0.39 is 0 Å². The van der Waals surface area contributed by atoms with Crippen LogP contribution in [0.4, 0.5) is 0 Å². The zero-order chi connectivity index (χ0) is 21.4. The summed E-state index contributed by atoms with van der Waals surface area (Å²) in [5.74, 6) is 0.924. The van der Waals surface area contributed by atoms with Crippen LogP contribution in [-0.2, 0) is 16.6 Å². The highest BCUT2D eigenvalue weighted by molar-refractivity contribution is 6.01. The molecule has 0 aromatic heterocycles. The van der Waals surface area contributed by atoms with Crippen LogP contribution in [0.15, 0.2) is 48.0 Å². The Morgan fingerprint density at radius 1 is 1.07 bits per heavy atom. The minimum atomic E-state index is -0.382. The maximum absolute atomic E-state index is 12.4. The van der Waals surface area contributed by atoms with Gasteiger partial charge in [0, 0.05) is 6.54 Å². The minimum Gasteiger partial charge on any atom is -0.493 e. The number of amides is 1. The third-order valence-corrected chi connectivity index (χ3v) is 4.60. The summed E-state index contributed by atoms with van der Waals surface area (Å²) in [5, 5.41) is 12.2. The highest BCUT2D eigenvalue weighted by Crippen LogP contribution is 2.27. The third kappa shape index (κ3) is 6.11. The molecule has 152 valence electrons. The van der Waals surface area contributed by atoms with Crippen LogP contribution >= 0.6 is 0 Å². The Kier molecular flexibility index (Phi) is 7.44. The van der Waals surface area contributed by atoms with Crippen LogP contribution in [0.2, 0.25) is 0 Å². The van der Waals surface area contributed by atoms with E-state index in [-0.39, 0.29) is 16.9 Å². The van der Waals surface area contributed by atoms with Gasteiger partial charge < -0.3 is 14.8 Å². The lowest BCUT2D eigenvalue weighted by Gasteiger charge is -2.18. The second-order valence-electron chi connectivity index (χ2n) is 7.74. The zero-order valence-electron chi connectivity index (χ0n) is 17.7. The van der Waals surface area contributed by atoms with Gasteiger partial charge in [-0.05, 0) is 46.7 Å². The molecule has 0 saturated heterocycles. The summed E-state index contributed by atoms with van der Waals surface area (Å²) in [7, 11) is 3.17. The monoisotopic (exact) mass is 392 g/mol. The first-order chi connectivity index (χ1) is 13.8. The highest BCUT2D eigenvalue weighted by atomic mass is 16.5. The smallest absolute Gasteiger partial charge is 0.261 e. The Bertz CT molecular complexity index is 917. The fourth-order valence-electron chi connectivity index (χ4n) is 2.85. The van der Waals surface area contributed by atoms with Crippen molar-refractivity contribution in [2.45, 2.75) is 32.6 Å². The van der Waals surface area contributed by atoms with E-state index in [2.05, 4.69) is 26.1 Å². The SMILES string of the molecule is COc1ccc(CCNC(=O)C(C#N)=Cc2ccc(C(C)(C)C)cc2)cc1OC. The van der Waals surface area contributed by atoms with Gasteiger partial charge in [-0.25, -0.2) is 0 Å². The predicted molar refractivity (Wildman–Crippen MR) is 115 cm³/mol. The largest absolute Gasteiger partial charge is 0.493 e. The Labute approximate surface area is 173 Å². The van der Waals surface area contributed by atoms with Gasteiger partial charge in [-0.1, -0.05) is 51.1 Å². The quantitative estimate of drug-likeness (QED) is 0.564. The van der Waals surface area contributed by atoms with Crippen molar-refractivity contribution in [1.29, 1.82) is 5.26 Å². The van der Waals surface area contributed by atoms with Gasteiger partial charge in [0.25, 0.3) is 5.91 Å². The number of rotatable bonds is 7. The molecule has 0 aliphatic carbocycles. The summed E-state index contributed by atoms with van der Waals surface area (Å²) in [4.78, 5) is 12.4. The molecule has 29 heavy (non-hydrogen) atoms. The van der Waals surface area contributed by atoms with E-state index in [1.165, 1.54) is 5.56 Å². The number of carbonyl (C=O) groups is 1. The van der Waals surface area contributed by atoms with E-state index in [9.17, 15) is 10.1 Å². The molecule has 0 aliphatic rings. The molecule has 0 bridgehead atoms. The number of nitriles is 1. The first kappa shape index (κ1) is 22.0. The van der Waals surface area contributed by atoms with Crippen LogP contribution in [0, 0.1) is 11.3 Å². The number of methoxy groups -OCH3 is 2. The molecule has 0 spiro atoms. The van der Waals surface area contributed by atoms with E-state index in [4.69, 9.17) is 9.47 Å².